The average molecular weight is 463 g/mol. The van der Waals surface area contributed by atoms with Gasteiger partial charge in [-0.15, -0.1) is 24.0 Å². The molecule has 5 nitrogen and oxygen atoms in total. The number of nitrogens with one attached hydrogen (secondary N) is 2. The summed E-state index contributed by atoms with van der Waals surface area (Å²) in [6.07, 6.45) is 0.970. The summed E-state index contributed by atoms with van der Waals surface area (Å²) >= 11 is 0. The number of nitrogens with zero attached hydrogens (tertiary/aromatic N) is 3. The Morgan fingerprint density at radius 1 is 1.04 bits per heavy atom. The Labute approximate surface area is 172 Å². The highest BCUT2D eigenvalue weighted by molar-refractivity contribution is 14.0. The number of imidazole rings is 1. The van der Waals surface area contributed by atoms with Gasteiger partial charge >= 0.3 is 0 Å². The number of benzene rings is 2. The van der Waals surface area contributed by atoms with Gasteiger partial charge < -0.3 is 15.2 Å². The molecule has 0 aliphatic carbocycles. The lowest BCUT2D eigenvalue weighted by atomic mass is 10.1. The molecule has 0 saturated carbocycles. The van der Waals surface area contributed by atoms with Crippen LogP contribution in [0.3, 0.4) is 0 Å². The van der Waals surface area contributed by atoms with Crippen LogP contribution in [0, 0.1) is 0 Å². The van der Waals surface area contributed by atoms with E-state index in [0.717, 1.165) is 42.3 Å². The summed E-state index contributed by atoms with van der Waals surface area (Å²) in [6, 6.07) is 18.6. The maximum atomic E-state index is 4.68. The van der Waals surface area contributed by atoms with Crippen molar-refractivity contribution in [1.29, 1.82) is 0 Å². The molecular formula is C20H26IN5. The first-order valence-corrected chi connectivity index (χ1v) is 8.74. The van der Waals surface area contributed by atoms with Crippen molar-refractivity contribution in [2.24, 2.45) is 12.0 Å². The van der Waals surface area contributed by atoms with Gasteiger partial charge in [-0.1, -0.05) is 42.5 Å². The fourth-order valence-electron chi connectivity index (χ4n) is 2.80. The number of guanidine groups is 1. The molecule has 6 heteroatoms. The standard InChI is InChI=1S/C20H25N5.HI/c1-3-21-20(22-14-13-16-9-5-4-6-10-16)23-15-19-24-17-11-7-8-12-18(17)25(19)2;/h4-12H,3,13-15H2,1-2H3,(H2,21,22,23);1H. The molecule has 138 valence electrons. The van der Waals surface area contributed by atoms with E-state index in [2.05, 4.69) is 62.4 Å². The predicted octanol–water partition coefficient (Wildman–Crippen LogP) is 3.49. The summed E-state index contributed by atoms with van der Waals surface area (Å²) in [4.78, 5) is 9.35. The molecule has 2 N–H and O–H groups in total. The molecule has 0 atom stereocenters. The number of aliphatic imine (C=N–C) groups is 1. The zero-order valence-electron chi connectivity index (χ0n) is 15.3. The van der Waals surface area contributed by atoms with E-state index in [-0.39, 0.29) is 24.0 Å². The zero-order chi connectivity index (χ0) is 17.5. The van der Waals surface area contributed by atoms with E-state index in [1.165, 1.54) is 5.56 Å². The molecule has 0 bridgehead atoms. The summed E-state index contributed by atoms with van der Waals surface area (Å²) in [5, 5.41) is 6.69. The number of rotatable bonds is 6. The third-order valence-electron chi connectivity index (χ3n) is 4.15. The van der Waals surface area contributed by atoms with Gasteiger partial charge in [0, 0.05) is 20.1 Å². The Morgan fingerprint density at radius 3 is 2.50 bits per heavy atom. The average Bonchev–Trinajstić information content (AvgIpc) is 2.97. The van der Waals surface area contributed by atoms with Crippen LogP contribution >= 0.6 is 24.0 Å². The highest BCUT2D eigenvalue weighted by atomic mass is 127. The van der Waals surface area contributed by atoms with Crippen LogP contribution in [0.15, 0.2) is 59.6 Å². The van der Waals surface area contributed by atoms with Gasteiger partial charge in [-0.25, -0.2) is 9.98 Å². The van der Waals surface area contributed by atoms with Crippen molar-refractivity contribution in [1.82, 2.24) is 20.2 Å². The van der Waals surface area contributed by atoms with E-state index in [1.54, 1.807) is 0 Å². The smallest absolute Gasteiger partial charge is 0.191 e. The fourth-order valence-corrected chi connectivity index (χ4v) is 2.80. The van der Waals surface area contributed by atoms with Gasteiger partial charge in [-0.3, -0.25) is 0 Å². The molecule has 3 aromatic rings. The van der Waals surface area contributed by atoms with Crippen LogP contribution < -0.4 is 10.6 Å². The lowest BCUT2D eigenvalue weighted by molar-refractivity contribution is 0.772. The van der Waals surface area contributed by atoms with Crippen LogP contribution in [-0.4, -0.2) is 28.6 Å². The lowest BCUT2D eigenvalue weighted by Crippen LogP contribution is -2.38. The van der Waals surface area contributed by atoms with E-state index < -0.39 is 0 Å². The number of hydrogen-bond donors (Lipinski definition) is 2. The maximum Gasteiger partial charge on any atom is 0.191 e. The summed E-state index contributed by atoms with van der Waals surface area (Å²) in [5.74, 6) is 1.78. The minimum Gasteiger partial charge on any atom is -0.357 e. The first-order valence-electron chi connectivity index (χ1n) is 8.74. The summed E-state index contributed by atoms with van der Waals surface area (Å²) in [6.45, 7) is 4.30. The number of hydrogen-bond acceptors (Lipinski definition) is 2. The van der Waals surface area contributed by atoms with Crippen molar-refractivity contribution in [3.8, 4) is 0 Å². The predicted molar refractivity (Wildman–Crippen MR) is 119 cm³/mol. The third kappa shape index (κ3) is 5.20. The van der Waals surface area contributed by atoms with Gasteiger partial charge in [-0.05, 0) is 31.0 Å². The highest BCUT2D eigenvalue weighted by Gasteiger charge is 2.06. The molecule has 0 aliphatic heterocycles. The molecule has 0 amide bonds. The number of fused-ring (bicyclic) bond motifs is 1. The van der Waals surface area contributed by atoms with E-state index in [1.807, 2.05) is 31.3 Å². The third-order valence-corrected chi connectivity index (χ3v) is 4.15. The second-order valence-electron chi connectivity index (χ2n) is 5.93. The molecular weight excluding hydrogens is 437 g/mol. The molecule has 0 saturated heterocycles. The fraction of sp³-hybridized carbons (Fsp3) is 0.300. The van der Waals surface area contributed by atoms with Gasteiger partial charge in [0.25, 0.3) is 0 Å². The molecule has 2 aromatic carbocycles. The van der Waals surface area contributed by atoms with Crippen molar-refractivity contribution in [3.63, 3.8) is 0 Å². The van der Waals surface area contributed by atoms with Crippen LogP contribution in [0.1, 0.15) is 18.3 Å². The Hall–Kier alpha value is -2.09. The molecule has 0 unspecified atom stereocenters. The Bertz CT molecular complexity index is 842. The maximum absolute atomic E-state index is 4.68. The van der Waals surface area contributed by atoms with E-state index in [4.69, 9.17) is 0 Å². The first-order chi connectivity index (χ1) is 12.3. The SMILES string of the molecule is CCNC(=NCc1nc2ccccc2n1C)NCCc1ccccc1.I. The molecule has 26 heavy (non-hydrogen) atoms. The molecule has 1 heterocycles. The number of halogens is 1. The first kappa shape index (κ1) is 20.2. The van der Waals surface area contributed by atoms with Gasteiger partial charge in [-0.2, -0.15) is 0 Å². The van der Waals surface area contributed by atoms with E-state index in [9.17, 15) is 0 Å². The molecule has 0 fully saturated rings. The van der Waals surface area contributed by atoms with Crippen molar-refractivity contribution >= 4 is 41.0 Å². The number of aromatic nitrogens is 2. The quantitative estimate of drug-likeness (QED) is 0.335. The van der Waals surface area contributed by atoms with E-state index >= 15 is 0 Å². The molecule has 0 spiro atoms. The van der Waals surface area contributed by atoms with Gasteiger partial charge in [0.15, 0.2) is 5.96 Å². The normalized spacial score (nSPS) is 11.2. The summed E-state index contributed by atoms with van der Waals surface area (Å²) < 4.78 is 2.10. The Morgan fingerprint density at radius 2 is 1.77 bits per heavy atom. The van der Waals surface area contributed by atoms with Crippen molar-refractivity contribution in [2.75, 3.05) is 13.1 Å². The van der Waals surface area contributed by atoms with Crippen LogP contribution in [-0.2, 0) is 20.0 Å². The second kappa shape index (κ2) is 10.2. The highest BCUT2D eigenvalue weighted by Crippen LogP contribution is 2.14. The summed E-state index contributed by atoms with van der Waals surface area (Å²) in [7, 11) is 2.04. The van der Waals surface area contributed by atoms with E-state index in [0.29, 0.717) is 6.54 Å². The van der Waals surface area contributed by atoms with Crippen LogP contribution in [0.5, 0.6) is 0 Å². The van der Waals surface area contributed by atoms with Gasteiger partial charge in [0.05, 0.1) is 11.0 Å². The molecule has 1 aromatic heterocycles. The van der Waals surface area contributed by atoms with Gasteiger partial charge in [0.2, 0.25) is 0 Å². The number of para-hydroxylation sites is 2. The topological polar surface area (TPSA) is 54.2 Å². The lowest BCUT2D eigenvalue weighted by Gasteiger charge is -2.11. The van der Waals surface area contributed by atoms with Crippen LogP contribution in [0.2, 0.25) is 0 Å². The van der Waals surface area contributed by atoms with Crippen molar-refractivity contribution < 1.29 is 0 Å². The summed E-state index contributed by atoms with van der Waals surface area (Å²) in [5.41, 5.74) is 3.47. The molecule has 3 rings (SSSR count). The van der Waals surface area contributed by atoms with Gasteiger partial charge in [0.1, 0.15) is 12.4 Å². The Kier molecular flexibility index (Phi) is 7.90. The Balaban J connectivity index is 0.00000243. The monoisotopic (exact) mass is 463 g/mol. The minimum atomic E-state index is 0. The second-order valence-corrected chi connectivity index (χ2v) is 5.93. The largest absolute Gasteiger partial charge is 0.357 e. The molecule has 0 aliphatic rings. The number of aryl methyl sites for hydroxylation is 1. The van der Waals surface area contributed by atoms with Crippen molar-refractivity contribution in [3.05, 3.63) is 66.0 Å². The molecule has 0 radical (unpaired) electrons. The van der Waals surface area contributed by atoms with Crippen LogP contribution in [0.25, 0.3) is 11.0 Å². The van der Waals surface area contributed by atoms with Crippen LogP contribution in [0.4, 0.5) is 0 Å². The zero-order valence-corrected chi connectivity index (χ0v) is 17.6. The minimum absolute atomic E-state index is 0. The van der Waals surface area contributed by atoms with Crippen molar-refractivity contribution in [2.45, 2.75) is 19.9 Å².